The van der Waals surface area contributed by atoms with E-state index in [4.69, 9.17) is 11.6 Å². The first-order valence-electron chi connectivity index (χ1n) is 10.4. The number of fused-ring (bicyclic) bond motifs is 1. The summed E-state index contributed by atoms with van der Waals surface area (Å²) >= 11 is 6.12. The Bertz CT molecular complexity index is 1360. The highest BCUT2D eigenvalue weighted by molar-refractivity contribution is 7.89. The Balaban J connectivity index is 2.04. The molecule has 0 aliphatic carbocycles. The minimum Gasteiger partial charge on any atom is -0.388 e. The summed E-state index contributed by atoms with van der Waals surface area (Å²) < 4.78 is 28.8. The van der Waals surface area contributed by atoms with Crippen LogP contribution in [-0.2, 0) is 10.0 Å². The molecule has 0 aliphatic rings. The smallest absolute Gasteiger partial charge is 0.271 e. The Morgan fingerprint density at radius 3 is 2.42 bits per heavy atom. The quantitative estimate of drug-likeness (QED) is 0.459. The maximum Gasteiger partial charge on any atom is 0.271 e. The number of aromatic nitrogens is 3. The number of benzene rings is 1. The minimum absolute atomic E-state index is 0.00515. The topological polar surface area (TPSA) is 126 Å². The Morgan fingerprint density at radius 1 is 1.18 bits per heavy atom. The first kappa shape index (κ1) is 25.1. The molecule has 0 bridgehead atoms. The molecule has 3 N–H and O–H groups in total. The molecule has 3 rings (SSSR count). The number of sulfonamides is 1. The van der Waals surface area contributed by atoms with Gasteiger partial charge in [-0.25, -0.2) is 18.1 Å². The van der Waals surface area contributed by atoms with Crippen LogP contribution >= 0.6 is 11.6 Å². The van der Waals surface area contributed by atoms with Crippen LogP contribution in [0.15, 0.2) is 40.2 Å². The van der Waals surface area contributed by atoms with Crippen LogP contribution in [-0.4, -0.2) is 39.7 Å². The molecular formula is C22H28ClN5O4S. The molecule has 0 radical (unpaired) electrons. The van der Waals surface area contributed by atoms with Crippen molar-refractivity contribution in [1.82, 2.24) is 19.3 Å². The average molecular weight is 494 g/mol. The highest BCUT2D eigenvalue weighted by Crippen LogP contribution is 2.27. The van der Waals surface area contributed by atoms with Crippen LogP contribution in [0.25, 0.3) is 11.0 Å². The van der Waals surface area contributed by atoms with Crippen molar-refractivity contribution in [1.29, 1.82) is 0 Å². The van der Waals surface area contributed by atoms with Crippen molar-refractivity contribution in [3.8, 4) is 0 Å². The molecule has 3 aromatic rings. The van der Waals surface area contributed by atoms with Crippen LogP contribution < -0.4 is 15.6 Å². The lowest BCUT2D eigenvalue weighted by atomic mass is 10.0. The molecule has 0 fully saturated rings. The van der Waals surface area contributed by atoms with Gasteiger partial charge in [0.1, 0.15) is 10.7 Å². The highest BCUT2D eigenvalue weighted by atomic mass is 35.5. The third kappa shape index (κ3) is 5.35. The van der Waals surface area contributed by atoms with Crippen LogP contribution in [0.4, 0.5) is 11.6 Å². The van der Waals surface area contributed by atoms with E-state index in [9.17, 15) is 18.3 Å². The largest absolute Gasteiger partial charge is 0.388 e. The summed E-state index contributed by atoms with van der Waals surface area (Å²) in [7, 11) is -3.62. The molecule has 11 heteroatoms. The highest BCUT2D eigenvalue weighted by Gasteiger charge is 2.27. The maximum absolute atomic E-state index is 12.8. The van der Waals surface area contributed by atoms with E-state index < -0.39 is 27.2 Å². The number of hydrogen-bond acceptors (Lipinski definition) is 7. The molecule has 1 aromatic carbocycles. The van der Waals surface area contributed by atoms with E-state index in [1.165, 1.54) is 22.9 Å². The van der Waals surface area contributed by atoms with E-state index in [0.29, 0.717) is 22.3 Å². The van der Waals surface area contributed by atoms with E-state index in [1.807, 2.05) is 0 Å². The number of halogens is 1. The van der Waals surface area contributed by atoms with Crippen LogP contribution in [0.5, 0.6) is 0 Å². The third-order valence-electron chi connectivity index (χ3n) is 5.28. The van der Waals surface area contributed by atoms with E-state index in [-0.39, 0.29) is 21.9 Å². The molecule has 0 spiro atoms. The lowest BCUT2D eigenvalue weighted by Gasteiger charge is -2.28. The molecule has 2 heterocycles. The number of hydrogen-bond donors (Lipinski definition) is 3. The Labute approximate surface area is 197 Å². The van der Waals surface area contributed by atoms with Crippen LogP contribution in [0.2, 0.25) is 5.02 Å². The number of anilines is 2. The van der Waals surface area contributed by atoms with Gasteiger partial charge < -0.3 is 10.4 Å². The van der Waals surface area contributed by atoms with Crippen molar-refractivity contribution < 1.29 is 13.5 Å². The predicted molar refractivity (Wildman–Crippen MR) is 130 cm³/mol. The van der Waals surface area contributed by atoms with Gasteiger partial charge in [0, 0.05) is 23.3 Å². The second-order valence-corrected chi connectivity index (χ2v) is 11.0. The van der Waals surface area contributed by atoms with Gasteiger partial charge >= 0.3 is 0 Å². The summed E-state index contributed by atoms with van der Waals surface area (Å²) in [4.78, 5) is 21.7. The molecule has 0 amide bonds. The van der Waals surface area contributed by atoms with Crippen molar-refractivity contribution in [3.63, 3.8) is 0 Å². The molecule has 1 atom stereocenters. The van der Waals surface area contributed by atoms with Crippen molar-refractivity contribution >= 4 is 44.3 Å². The number of nitrogens with zero attached hydrogens (tertiary/aromatic N) is 3. The van der Waals surface area contributed by atoms with Gasteiger partial charge in [0.05, 0.1) is 16.5 Å². The Hall–Kier alpha value is -2.53. The molecule has 0 saturated carbocycles. The summed E-state index contributed by atoms with van der Waals surface area (Å²) in [5.41, 5.74) is -0.0803. The van der Waals surface area contributed by atoms with Gasteiger partial charge in [0.2, 0.25) is 16.0 Å². The number of nitrogens with one attached hydrogen (secondary N) is 2. The van der Waals surface area contributed by atoms with Gasteiger partial charge in [-0.05, 0) is 71.4 Å². The summed E-state index contributed by atoms with van der Waals surface area (Å²) in [6.45, 7) is 10.2. The summed E-state index contributed by atoms with van der Waals surface area (Å²) in [6, 6.07) is 5.33. The maximum atomic E-state index is 12.8. The Kier molecular flexibility index (Phi) is 6.86. The van der Waals surface area contributed by atoms with Gasteiger partial charge in [-0.3, -0.25) is 9.36 Å². The minimum atomic E-state index is -3.62. The number of pyridine rings is 1. The lowest BCUT2D eigenvalue weighted by Crippen LogP contribution is -2.37. The third-order valence-corrected chi connectivity index (χ3v) is 7.21. The zero-order chi connectivity index (χ0) is 24.7. The molecule has 33 heavy (non-hydrogen) atoms. The molecular weight excluding hydrogens is 466 g/mol. The molecule has 178 valence electrons. The molecule has 0 saturated heterocycles. The van der Waals surface area contributed by atoms with Gasteiger partial charge in [-0.1, -0.05) is 11.6 Å². The fourth-order valence-corrected chi connectivity index (χ4v) is 4.81. The number of aliphatic hydroxyl groups is 1. The summed E-state index contributed by atoms with van der Waals surface area (Å²) in [6.07, 6.45) is 1.53. The van der Waals surface area contributed by atoms with Gasteiger partial charge in [0.15, 0.2) is 0 Å². The standard InChI is InChI=1S/C22H28ClN5O4S/c1-12(2)27-33(31,32)16-7-8-18(13(3)9-16)25-21-24-11-15-10-17(23)20(29)28(19(15)26-21)14(4)22(5,6)30/h7-12,14,27,30H,1-6H3,(H,24,25,26). The van der Waals surface area contributed by atoms with E-state index in [0.717, 1.165) is 0 Å². The second kappa shape index (κ2) is 9.02. The summed E-state index contributed by atoms with van der Waals surface area (Å²) in [5, 5.41) is 14.1. The van der Waals surface area contributed by atoms with Crippen LogP contribution in [0.1, 0.15) is 46.2 Å². The molecule has 9 nitrogen and oxygen atoms in total. The fraction of sp³-hybridized carbons (Fsp3) is 0.409. The normalized spacial score (nSPS) is 13.5. The molecule has 2 aromatic heterocycles. The average Bonchev–Trinajstić information content (AvgIpc) is 2.68. The second-order valence-electron chi connectivity index (χ2n) is 8.85. The predicted octanol–water partition coefficient (Wildman–Crippen LogP) is 3.52. The van der Waals surface area contributed by atoms with E-state index in [1.54, 1.807) is 53.7 Å². The van der Waals surface area contributed by atoms with Crippen molar-refractivity contribution in [3.05, 3.63) is 51.4 Å². The monoisotopic (exact) mass is 493 g/mol. The van der Waals surface area contributed by atoms with E-state index in [2.05, 4.69) is 20.0 Å². The Morgan fingerprint density at radius 2 is 1.85 bits per heavy atom. The van der Waals surface area contributed by atoms with Crippen LogP contribution in [0, 0.1) is 6.92 Å². The zero-order valence-corrected chi connectivity index (χ0v) is 20.9. The fourth-order valence-electron chi connectivity index (χ4n) is 3.26. The first-order chi connectivity index (χ1) is 15.2. The van der Waals surface area contributed by atoms with Gasteiger partial charge in [0.25, 0.3) is 5.56 Å². The van der Waals surface area contributed by atoms with Gasteiger partial charge in [-0.15, -0.1) is 0 Å². The zero-order valence-electron chi connectivity index (χ0n) is 19.3. The lowest BCUT2D eigenvalue weighted by molar-refractivity contribution is 0.0307. The number of aryl methyl sites for hydroxylation is 1. The van der Waals surface area contributed by atoms with E-state index >= 15 is 0 Å². The summed E-state index contributed by atoms with van der Waals surface area (Å²) in [5.74, 6) is 0.208. The SMILES string of the molecule is Cc1cc(S(=O)(=O)NC(C)C)ccc1Nc1ncc2cc(Cl)c(=O)n(C(C)C(C)(C)O)c2n1. The van der Waals surface area contributed by atoms with Crippen molar-refractivity contribution in [2.75, 3.05) is 5.32 Å². The molecule has 0 aliphatic heterocycles. The van der Waals surface area contributed by atoms with Gasteiger partial charge in [-0.2, -0.15) is 4.98 Å². The first-order valence-corrected chi connectivity index (χ1v) is 12.3. The van der Waals surface area contributed by atoms with Crippen molar-refractivity contribution in [2.24, 2.45) is 0 Å². The van der Waals surface area contributed by atoms with Crippen molar-refractivity contribution in [2.45, 2.75) is 64.1 Å². The van der Waals surface area contributed by atoms with Crippen LogP contribution in [0.3, 0.4) is 0 Å². The number of rotatable bonds is 7. The molecule has 1 unspecified atom stereocenters.